The van der Waals surface area contributed by atoms with Crippen molar-refractivity contribution in [3.8, 4) is 16.9 Å². The van der Waals surface area contributed by atoms with Gasteiger partial charge in [0, 0.05) is 33.8 Å². The molecule has 26 heavy (non-hydrogen) atoms. The molecule has 0 bridgehead atoms. The zero-order valence-corrected chi connectivity index (χ0v) is 14.7. The fraction of sp³-hybridized carbons (Fsp3) is 0.0500. The number of hydrogen-bond acceptors (Lipinski definition) is 4. The van der Waals surface area contributed by atoms with Gasteiger partial charge in [0.25, 0.3) is 0 Å². The van der Waals surface area contributed by atoms with Crippen molar-refractivity contribution in [1.82, 2.24) is 0 Å². The molecular formula is C20H16ClNO4. The summed E-state index contributed by atoms with van der Waals surface area (Å²) >= 11 is 6.07. The van der Waals surface area contributed by atoms with Crippen molar-refractivity contribution in [2.75, 3.05) is 7.11 Å². The second-order valence-electron chi connectivity index (χ2n) is 5.64. The number of quaternary nitrogens is 1. The van der Waals surface area contributed by atoms with Gasteiger partial charge in [-0.05, 0) is 48.0 Å². The summed E-state index contributed by atoms with van der Waals surface area (Å²) in [4.78, 5) is 12.8. The molecule has 1 atom stereocenters. The van der Waals surface area contributed by atoms with E-state index in [4.69, 9.17) is 21.5 Å². The van der Waals surface area contributed by atoms with Crippen LogP contribution in [0.2, 0.25) is 5.02 Å². The van der Waals surface area contributed by atoms with E-state index in [0.717, 1.165) is 11.1 Å². The third-order valence-corrected chi connectivity index (χ3v) is 4.23. The molecule has 3 rings (SSSR count). The van der Waals surface area contributed by atoms with Crippen LogP contribution in [0.25, 0.3) is 11.1 Å². The van der Waals surface area contributed by atoms with Crippen LogP contribution in [-0.2, 0) is 0 Å². The number of methoxy groups -OCH3 is 1. The number of ether oxygens (including phenoxy) is 1. The molecule has 0 radical (unpaired) electrons. The monoisotopic (exact) mass is 369 g/mol. The van der Waals surface area contributed by atoms with Gasteiger partial charge in [0.15, 0.2) is 11.5 Å². The average Bonchev–Trinajstić information content (AvgIpc) is 2.67. The Bertz CT molecular complexity index is 939. The Kier molecular flexibility index (Phi) is 5.35. The Morgan fingerprint density at radius 1 is 1.04 bits per heavy atom. The minimum atomic E-state index is -1.03. The topological polar surface area (TPSA) is 74.0 Å². The molecule has 0 fully saturated rings. The van der Waals surface area contributed by atoms with E-state index in [1.54, 1.807) is 37.4 Å². The number of benzene rings is 3. The molecule has 132 valence electrons. The summed E-state index contributed by atoms with van der Waals surface area (Å²) in [6.45, 7) is 0. The lowest BCUT2D eigenvalue weighted by atomic mass is 9.97. The molecule has 0 saturated carbocycles. The van der Waals surface area contributed by atoms with E-state index in [1.807, 2.05) is 12.1 Å². The van der Waals surface area contributed by atoms with Crippen LogP contribution in [0.15, 0.2) is 66.7 Å². The zero-order valence-electron chi connectivity index (χ0n) is 13.9. The first-order chi connectivity index (χ1) is 12.5. The fourth-order valence-electron chi connectivity index (χ4n) is 2.66. The molecule has 6 heteroatoms. The highest BCUT2D eigenvalue weighted by molar-refractivity contribution is 6.30. The van der Waals surface area contributed by atoms with E-state index in [0.29, 0.717) is 21.9 Å². The van der Waals surface area contributed by atoms with Gasteiger partial charge in [-0.25, -0.2) is 5.21 Å². The van der Waals surface area contributed by atoms with Crippen molar-refractivity contribution in [3.05, 3.63) is 88.1 Å². The van der Waals surface area contributed by atoms with Gasteiger partial charge >= 0.3 is 0 Å². The number of nitrogens with one attached hydrogen (secondary N) is 1. The lowest BCUT2D eigenvalue weighted by Gasteiger charge is -2.12. The van der Waals surface area contributed by atoms with Gasteiger partial charge in [0.1, 0.15) is 5.75 Å². The van der Waals surface area contributed by atoms with Crippen LogP contribution in [0.3, 0.4) is 0 Å². The SMILES string of the molecule is COc1ccc(C(=O)c2ccc([NH+]([O-])O)cc2)cc1-c1cccc(Cl)c1. The van der Waals surface area contributed by atoms with Crippen molar-refractivity contribution in [1.29, 1.82) is 0 Å². The highest BCUT2D eigenvalue weighted by Crippen LogP contribution is 2.33. The van der Waals surface area contributed by atoms with E-state index in [9.17, 15) is 10.0 Å². The van der Waals surface area contributed by atoms with Gasteiger partial charge in [-0.15, -0.1) is 0 Å². The predicted molar refractivity (Wildman–Crippen MR) is 99.1 cm³/mol. The summed E-state index contributed by atoms with van der Waals surface area (Å²) in [7, 11) is 1.56. The number of rotatable bonds is 5. The van der Waals surface area contributed by atoms with Crippen molar-refractivity contribution < 1.29 is 20.0 Å². The van der Waals surface area contributed by atoms with Crippen LogP contribution in [0, 0.1) is 5.21 Å². The molecule has 0 aliphatic heterocycles. The smallest absolute Gasteiger partial charge is 0.193 e. The molecule has 0 aliphatic carbocycles. The van der Waals surface area contributed by atoms with E-state index < -0.39 is 5.23 Å². The first-order valence-electron chi connectivity index (χ1n) is 7.81. The second-order valence-corrected chi connectivity index (χ2v) is 6.07. The van der Waals surface area contributed by atoms with Gasteiger partial charge in [-0.3, -0.25) is 4.79 Å². The number of carbonyl (C=O) groups excluding carboxylic acids is 1. The van der Waals surface area contributed by atoms with Gasteiger partial charge in [-0.2, -0.15) is 5.23 Å². The average molecular weight is 370 g/mol. The summed E-state index contributed by atoms with van der Waals surface area (Å²) in [5.74, 6) is 0.429. The third-order valence-electron chi connectivity index (χ3n) is 3.99. The lowest BCUT2D eigenvalue weighted by Crippen LogP contribution is -2.99. The standard InChI is InChI=1S/C20H16ClNO4/c1-26-19-10-7-15(12-18(19)14-3-2-4-16(21)11-14)20(23)13-5-8-17(9-6-13)22(24)25/h2-12,22,24H,1H3. The molecule has 0 spiro atoms. The number of hydrogen-bond donors (Lipinski definition) is 2. The Morgan fingerprint density at radius 3 is 2.35 bits per heavy atom. The lowest BCUT2D eigenvalue weighted by molar-refractivity contribution is -0.991. The minimum Gasteiger partial charge on any atom is -0.595 e. The molecule has 0 amide bonds. The normalized spacial score (nSPS) is 11.8. The van der Waals surface area contributed by atoms with E-state index in [1.165, 1.54) is 24.3 Å². The van der Waals surface area contributed by atoms with Crippen molar-refractivity contribution >= 4 is 23.1 Å². The summed E-state index contributed by atoms with van der Waals surface area (Å²) in [5.41, 5.74) is 2.62. The molecule has 2 N–H and O–H groups in total. The molecule has 1 unspecified atom stereocenters. The molecule has 0 saturated heterocycles. The third kappa shape index (κ3) is 3.76. The van der Waals surface area contributed by atoms with Crippen LogP contribution in [0.5, 0.6) is 5.75 Å². The van der Waals surface area contributed by atoms with Gasteiger partial charge in [0.2, 0.25) is 0 Å². The number of halogens is 1. The molecule has 3 aromatic rings. The Balaban J connectivity index is 2.00. The fourth-order valence-corrected chi connectivity index (χ4v) is 2.85. The first-order valence-corrected chi connectivity index (χ1v) is 8.19. The quantitative estimate of drug-likeness (QED) is 0.532. The van der Waals surface area contributed by atoms with Crippen LogP contribution in [0.4, 0.5) is 5.69 Å². The molecule has 3 aromatic carbocycles. The Morgan fingerprint density at radius 2 is 1.73 bits per heavy atom. The van der Waals surface area contributed by atoms with E-state index >= 15 is 0 Å². The Hall–Kier alpha value is -2.70. The summed E-state index contributed by atoms with van der Waals surface area (Å²) in [6.07, 6.45) is 0. The molecule has 5 nitrogen and oxygen atoms in total. The van der Waals surface area contributed by atoms with Crippen LogP contribution >= 0.6 is 11.6 Å². The van der Waals surface area contributed by atoms with Crippen molar-refractivity contribution in [2.45, 2.75) is 0 Å². The molecular weight excluding hydrogens is 354 g/mol. The summed E-state index contributed by atoms with van der Waals surface area (Å²) in [6, 6.07) is 18.3. The van der Waals surface area contributed by atoms with Gasteiger partial charge < -0.3 is 9.94 Å². The number of carbonyl (C=O) groups is 1. The maximum Gasteiger partial charge on any atom is 0.193 e. The molecule has 0 heterocycles. The van der Waals surface area contributed by atoms with Crippen LogP contribution in [-0.4, -0.2) is 18.1 Å². The molecule has 0 aromatic heterocycles. The minimum absolute atomic E-state index is 0.135. The van der Waals surface area contributed by atoms with Crippen LogP contribution < -0.4 is 9.96 Å². The summed E-state index contributed by atoms with van der Waals surface area (Å²) < 4.78 is 5.40. The molecule has 0 aliphatic rings. The van der Waals surface area contributed by atoms with E-state index in [-0.39, 0.29) is 11.5 Å². The second kappa shape index (κ2) is 7.68. The van der Waals surface area contributed by atoms with E-state index in [2.05, 4.69) is 0 Å². The number of ketones is 1. The van der Waals surface area contributed by atoms with Crippen LogP contribution in [0.1, 0.15) is 15.9 Å². The summed E-state index contributed by atoms with van der Waals surface area (Å²) in [5, 5.41) is 19.5. The van der Waals surface area contributed by atoms with Crippen molar-refractivity contribution in [3.63, 3.8) is 0 Å². The van der Waals surface area contributed by atoms with Gasteiger partial charge in [0.05, 0.1) is 7.11 Å². The van der Waals surface area contributed by atoms with Crippen molar-refractivity contribution in [2.24, 2.45) is 0 Å². The highest BCUT2D eigenvalue weighted by atomic mass is 35.5. The van der Waals surface area contributed by atoms with Gasteiger partial charge in [-0.1, -0.05) is 23.7 Å². The Labute approximate surface area is 155 Å². The maximum atomic E-state index is 12.8. The predicted octanol–water partition coefficient (Wildman–Crippen LogP) is 3.65. The maximum absolute atomic E-state index is 12.8. The first kappa shape index (κ1) is 18.1. The zero-order chi connectivity index (χ0) is 18.7. The largest absolute Gasteiger partial charge is 0.595 e. The highest BCUT2D eigenvalue weighted by Gasteiger charge is 2.14.